The van der Waals surface area contributed by atoms with Crippen molar-refractivity contribution < 1.29 is 4.79 Å². The Kier molecular flexibility index (Phi) is 6.58. The van der Waals surface area contributed by atoms with Gasteiger partial charge in [0.1, 0.15) is 11.0 Å². The van der Waals surface area contributed by atoms with Crippen molar-refractivity contribution in [2.24, 2.45) is 10.7 Å². The van der Waals surface area contributed by atoms with Crippen LogP contribution < -0.4 is 11.1 Å². The number of nitrogens with one attached hydrogen (secondary N) is 3. The van der Waals surface area contributed by atoms with E-state index in [4.69, 9.17) is 28.2 Å². The molecule has 0 aliphatic heterocycles. The lowest BCUT2D eigenvalue weighted by Gasteiger charge is -2.08. The van der Waals surface area contributed by atoms with Crippen molar-refractivity contribution in [2.75, 3.05) is 0 Å². The van der Waals surface area contributed by atoms with Crippen LogP contribution in [0.1, 0.15) is 20.8 Å². The predicted octanol–water partition coefficient (Wildman–Crippen LogP) is 2.08. The molecule has 0 radical (unpaired) electrons. The smallest absolute Gasteiger partial charge is 0.277 e. The Morgan fingerprint density at radius 2 is 1.75 bits per heavy atom. The fourth-order valence-corrected chi connectivity index (χ4v) is 1.14. The van der Waals surface area contributed by atoms with E-state index in [1.807, 2.05) is 0 Å². The van der Waals surface area contributed by atoms with Crippen molar-refractivity contribution in [2.45, 2.75) is 20.8 Å². The minimum atomic E-state index is -0.748. The molecule has 108 valence electrons. The maximum atomic E-state index is 11.9. The van der Waals surface area contributed by atoms with Crippen LogP contribution in [0.2, 0.25) is 0 Å². The second kappa shape index (κ2) is 7.40. The first-order valence-corrected chi connectivity index (χ1v) is 5.96. The third-order valence-corrected chi connectivity index (χ3v) is 2.66. The van der Waals surface area contributed by atoms with Crippen LogP contribution in [0, 0.1) is 10.8 Å². The number of halogens is 1. The lowest BCUT2D eigenvalue weighted by atomic mass is 10.2. The van der Waals surface area contributed by atoms with Crippen molar-refractivity contribution >= 4 is 34.8 Å². The van der Waals surface area contributed by atoms with Crippen LogP contribution in [0.15, 0.2) is 40.1 Å². The minimum absolute atomic E-state index is 0.0624. The average Bonchev–Trinajstić information content (AvgIpc) is 2.33. The number of amidine groups is 1. The Morgan fingerprint density at radius 3 is 2.10 bits per heavy atom. The molecular formula is C13H18ClN5O. The number of amides is 1. The molecule has 0 rings (SSSR count). The van der Waals surface area contributed by atoms with Crippen molar-refractivity contribution in [3.05, 3.63) is 35.2 Å². The van der Waals surface area contributed by atoms with E-state index in [1.165, 1.54) is 6.92 Å². The van der Waals surface area contributed by atoms with Crippen LogP contribution in [0.5, 0.6) is 0 Å². The number of nitrogens with zero attached hydrogens (tertiary/aromatic N) is 1. The number of hydrogen-bond acceptors (Lipinski definition) is 5. The maximum absolute atomic E-state index is 11.9. The van der Waals surface area contributed by atoms with Gasteiger partial charge in [0.25, 0.3) is 5.91 Å². The van der Waals surface area contributed by atoms with Gasteiger partial charge in [-0.3, -0.25) is 10.2 Å². The molecule has 0 fully saturated rings. The number of nitrogens with two attached hydrogens (primary N) is 1. The van der Waals surface area contributed by atoms with Gasteiger partial charge >= 0.3 is 0 Å². The molecule has 1 amide bonds. The third kappa shape index (κ3) is 5.19. The standard InChI is InChI=1S/C13H18ClN5O/c1-6(2)7(3)11(14)18-10(8(4)15)13(20)19-12(17)9(5)16/h16H,1,4,15H2,2-3,5H3,(H2,17,19,20)/b11-7-,16-9?,18-10?. The van der Waals surface area contributed by atoms with Crippen molar-refractivity contribution in [3.8, 4) is 0 Å². The molecule has 0 saturated carbocycles. The summed E-state index contributed by atoms with van der Waals surface area (Å²) in [5.74, 6) is -1.09. The zero-order valence-electron chi connectivity index (χ0n) is 11.7. The van der Waals surface area contributed by atoms with Gasteiger partial charge < -0.3 is 16.5 Å². The molecule has 0 unspecified atom stereocenters. The van der Waals surface area contributed by atoms with E-state index in [2.05, 4.69) is 23.5 Å². The van der Waals surface area contributed by atoms with E-state index in [0.29, 0.717) is 11.1 Å². The average molecular weight is 296 g/mol. The van der Waals surface area contributed by atoms with Gasteiger partial charge in [0.05, 0.1) is 11.4 Å². The van der Waals surface area contributed by atoms with Gasteiger partial charge in [-0.25, -0.2) is 4.99 Å². The summed E-state index contributed by atoms with van der Waals surface area (Å²) in [5, 5.41) is 16.9. The summed E-state index contributed by atoms with van der Waals surface area (Å²) in [5.41, 5.74) is 6.41. The normalized spacial score (nSPS) is 12.3. The van der Waals surface area contributed by atoms with E-state index in [-0.39, 0.29) is 28.1 Å². The van der Waals surface area contributed by atoms with Crippen LogP contribution in [-0.4, -0.2) is 23.2 Å². The molecule has 0 bridgehead atoms. The lowest BCUT2D eigenvalue weighted by molar-refractivity contribution is -0.113. The number of rotatable bonds is 5. The summed E-state index contributed by atoms with van der Waals surface area (Å²) in [6, 6.07) is 0. The Hall–Kier alpha value is -2.21. The van der Waals surface area contributed by atoms with Crippen molar-refractivity contribution in [1.29, 1.82) is 10.8 Å². The van der Waals surface area contributed by atoms with Gasteiger partial charge in [0, 0.05) is 0 Å². The summed E-state index contributed by atoms with van der Waals surface area (Å²) in [4.78, 5) is 15.8. The minimum Gasteiger partial charge on any atom is -0.397 e. The number of hydrogen-bond donors (Lipinski definition) is 4. The zero-order chi connectivity index (χ0) is 16.0. The topological polar surface area (TPSA) is 115 Å². The molecule has 0 aromatic carbocycles. The van der Waals surface area contributed by atoms with Gasteiger partial charge in [-0.1, -0.05) is 30.3 Å². The molecule has 0 saturated heterocycles. The van der Waals surface area contributed by atoms with Gasteiger partial charge in [0.15, 0.2) is 5.71 Å². The molecule has 7 heteroatoms. The van der Waals surface area contributed by atoms with Crippen LogP contribution in [0.25, 0.3) is 0 Å². The highest BCUT2D eigenvalue weighted by molar-refractivity contribution is 6.52. The number of aliphatic imine (C=N–C) groups is 1. The van der Waals surface area contributed by atoms with Crippen LogP contribution >= 0.6 is 11.6 Å². The fourth-order valence-electron chi connectivity index (χ4n) is 0.893. The Labute approximate surface area is 123 Å². The molecule has 0 aliphatic carbocycles. The van der Waals surface area contributed by atoms with E-state index < -0.39 is 5.91 Å². The molecular weight excluding hydrogens is 278 g/mol. The van der Waals surface area contributed by atoms with E-state index in [0.717, 1.165) is 0 Å². The Bertz CT molecular complexity index is 557. The molecule has 0 aromatic heterocycles. The van der Waals surface area contributed by atoms with Crippen molar-refractivity contribution in [1.82, 2.24) is 5.32 Å². The zero-order valence-corrected chi connectivity index (χ0v) is 12.5. The van der Waals surface area contributed by atoms with E-state index >= 15 is 0 Å². The van der Waals surface area contributed by atoms with Gasteiger partial charge in [-0.05, 0) is 26.3 Å². The van der Waals surface area contributed by atoms with Gasteiger partial charge in [0.2, 0.25) is 0 Å². The van der Waals surface area contributed by atoms with Gasteiger partial charge in [-0.2, -0.15) is 0 Å². The molecule has 0 aliphatic rings. The SMILES string of the molecule is C=C(N)C(=N/C(Cl)=C(/C)C(=C)C)C(=O)NC(=N)C(C)=N. The molecule has 5 N–H and O–H groups in total. The fraction of sp³-hybridized carbons (Fsp3) is 0.231. The summed E-state index contributed by atoms with van der Waals surface area (Å²) in [6.45, 7) is 12.0. The lowest BCUT2D eigenvalue weighted by Crippen LogP contribution is -2.40. The molecule has 0 heterocycles. The Balaban J connectivity index is 5.48. The quantitative estimate of drug-likeness (QED) is 0.269. The summed E-state index contributed by atoms with van der Waals surface area (Å²) in [6.07, 6.45) is 0. The highest BCUT2D eigenvalue weighted by atomic mass is 35.5. The number of carbonyl (C=O) groups excluding carboxylic acids is 1. The number of allylic oxidation sites excluding steroid dienone is 2. The largest absolute Gasteiger partial charge is 0.397 e. The third-order valence-electron chi connectivity index (χ3n) is 2.29. The molecule has 0 spiro atoms. The predicted molar refractivity (Wildman–Crippen MR) is 83.4 cm³/mol. The molecule has 20 heavy (non-hydrogen) atoms. The maximum Gasteiger partial charge on any atom is 0.277 e. The summed E-state index contributed by atoms with van der Waals surface area (Å²) < 4.78 is 0. The van der Waals surface area contributed by atoms with E-state index in [1.54, 1.807) is 13.8 Å². The van der Waals surface area contributed by atoms with Crippen LogP contribution in [0.3, 0.4) is 0 Å². The first-order chi connectivity index (χ1) is 9.07. The molecule has 0 atom stereocenters. The van der Waals surface area contributed by atoms with Crippen LogP contribution in [0.4, 0.5) is 0 Å². The van der Waals surface area contributed by atoms with Crippen molar-refractivity contribution in [3.63, 3.8) is 0 Å². The monoisotopic (exact) mass is 295 g/mol. The summed E-state index contributed by atoms with van der Waals surface area (Å²) >= 11 is 5.97. The second-order valence-corrected chi connectivity index (χ2v) is 4.49. The number of carbonyl (C=O) groups is 1. The summed E-state index contributed by atoms with van der Waals surface area (Å²) in [7, 11) is 0. The van der Waals surface area contributed by atoms with Gasteiger partial charge in [-0.15, -0.1) is 0 Å². The Morgan fingerprint density at radius 1 is 1.25 bits per heavy atom. The molecule has 0 aromatic rings. The molecule has 6 nitrogen and oxygen atoms in total. The van der Waals surface area contributed by atoms with Crippen LogP contribution in [-0.2, 0) is 4.79 Å². The first-order valence-electron chi connectivity index (χ1n) is 5.59. The highest BCUT2D eigenvalue weighted by Crippen LogP contribution is 2.17. The highest BCUT2D eigenvalue weighted by Gasteiger charge is 2.16. The second-order valence-electron chi connectivity index (χ2n) is 4.14. The van der Waals surface area contributed by atoms with E-state index in [9.17, 15) is 4.79 Å². The first kappa shape index (κ1) is 17.8.